The van der Waals surface area contributed by atoms with E-state index in [1.54, 1.807) is 6.07 Å². The first-order valence-electron chi connectivity index (χ1n) is 10.6. The van der Waals surface area contributed by atoms with Gasteiger partial charge in [0.2, 0.25) is 0 Å². The van der Waals surface area contributed by atoms with Crippen LogP contribution in [0.5, 0.6) is 0 Å². The molecule has 1 heterocycles. The second-order valence-electron chi connectivity index (χ2n) is 8.27. The minimum atomic E-state index is -3.23. The van der Waals surface area contributed by atoms with Gasteiger partial charge in [-0.3, -0.25) is 0 Å². The molecule has 160 valence electrons. The number of rotatable bonds is 8. The van der Waals surface area contributed by atoms with Gasteiger partial charge in [0.1, 0.15) is 5.82 Å². The normalized spacial score (nSPS) is 17.5. The minimum Gasteiger partial charge on any atom is -0.384 e. The fraction of sp³-hybridized carbons (Fsp3) is 0.455. The van der Waals surface area contributed by atoms with E-state index in [1.807, 2.05) is 24.3 Å². The predicted molar refractivity (Wildman–Crippen MR) is 120 cm³/mol. The van der Waals surface area contributed by atoms with Gasteiger partial charge in [-0.2, -0.15) is 0 Å². The summed E-state index contributed by atoms with van der Waals surface area (Å²) in [5.74, 6) is 1.40. The van der Waals surface area contributed by atoms with Crippen LogP contribution in [-0.2, 0) is 15.6 Å². The van der Waals surface area contributed by atoms with Crippen LogP contribution in [0.1, 0.15) is 50.6 Å². The second kappa shape index (κ2) is 8.63. The molecule has 0 spiro atoms. The van der Waals surface area contributed by atoms with Gasteiger partial charge in [0.25, 0.3) is 0 Å². The molecule has 4 N–H and O–H groups in total. The lowest BCUT2D eigenvalue weighted by molar-refractivity contribution is 0.365. The Balaban J connectivity index is 1.46. The standard InChI is InChI=1S/C22H29N5O2S/c1-15(24-17-5-4-6-17)25-18-11-9-16(10-12-18)22-26-19(13-21(23)27-22)14-30(28,29)20-7-2-3-8-20/h9-13,17,20,24-25H,1-8,14H2,(H2,23,26,27). The van der Waals surface area contributed by atoms with E-state index >= 15 is 0 Å². The molecule has 0 atom stereocenters. The van der Waals surface area contributed by atoms with Crippen LogP contribution in [0.4, 0.5) is 11.5 Å². The predicted octanol–water partition coefficient (Wildman–Crippen LogP) is 3.61. The lowest BCUT2D eigenvalue weighted by Crippen LogP contribution is -2.36. The number of sulfone groups is 1. The van der Waals surface area contributed by atoms with Crippen molar-refractivity contribution >= 4 is 21.3 Å². The Hall–Kier alpha value is -2.61. The van der Waals surface area contributed by atoms with E-state index < -0.39 is 9.84 Å². The fourth-order valence-corrected chi connectivity index (χ4v) is 5.85. The Labute approximate surface area is 178 Å². The first kappa shape index (κ1) is 20.7. The largest absolute Gasteiger partial charge is 0.384 e. The zero-order valence-corrected chi connectivity index (χ0v) is 17.9. The molecule has 0 aliphatic heterocycles. The number of anilines is 2. The second-order valence-corrected chi connectivity index (χ2v) is 10.6. The maximum atomic E-state index is 12.7. The first-order valence-corrected chi connectivity index (χ1v) is 12.3. The van der Waals surface area contributed by atoms with E-state index in [0.717, 1.165) is 42.8 Å². The van der Waals surface area contributed by atoms with Crippen molar-refractivity contribution in [1.29, 1.82) is 0 Å². The Morgan fingerprint density at radius 2 is 1.77 bits per heavy atom. The summed E-state index contributed by atoms with van der Waals surface area (Å²) in [7, 11) is -3.23. The van der Waals surface area contributed by atoms with Crippen LogP contribution in [0.3, 0.4) is 0 Å². The van der Waals surface area contributed by atoms with Gasteiger partial charge in [-0.25, -0.2) is 18.4 Å². The van der Waals surface area contributed by atoms with Crippen molar-refractivity contribution in [3.8, 4) is 11.4 Å². The number of hydrogen-bond donors (Lipinski definition) is 3. The Morgan fingerprint density at radius 3 is 2.40 bits per heavy atom. The van der Waals surface area contributed by atoms with Crippen molar-refractivity contribution in [3.05, 3.63) is 48.4 Å². The highest BCUT2D eigenvalue weighted by atomic mass is 32.2. The number of nitrogens with two attached hydrogens (primary N) is 1. The van der Waals surface area contributed by atoms with Crippen LogP contribution in [0.15, 0.2) is 42.7 Å². The smallest absolute Gasteiger partial charge is 0.161 e. The van der Waals surface area contributed by atoms with E-state index in [2.05, 4.69) is 27.2 Å². The summed E-state index contributed by atoms with van der Waals surface area (Å²) in [5, 5.41) is 6.36. The summed E-state index contributed by atoms with van der Waals surface area (Å²) in [5.41, 5.74) is 8.09. The average Bonchev–Trinajstić information content (AvgIpc) is 3.20. The Kier molecular flexibility index (Phi) is 5.94. The topological polar surface area (TPSA) is 110 Å². The summed E-state index contributed by atoms with van der Waals surface area (Å²) >= 11 is 0. The van der Waals surface area contributed by atoms with Crippen LogP contribution in [-0.4, -0.2) is 29.7 Å². The quantitative estimate of drug-likeness (QED) is 0.590. The molecule has 0 amide bonds. The lowest BCUT2D eigenvalue weighted by atomic mass is 9.93. The number of nitrogens with zero attached hydrogens (tertiary/aromatic N) is 2. The van der Waals surface area contributed by atoms with Gasteiger partial charge < -0.3 is 16.4 Å². The average molecular weight is 428 g/mol. The molecular formula is C22H29N5O2S. The summed E-state index contributed by atoms with van der Waals surface area (Å²) in [6.07, 6.45) is 7.07. The van der Waals surface area contributed by atoms with Gasteiger partial charge in [0.05, 0.1) is 22.5 Å². The first-order chi connectivity index (χ1) is 14.4. The molecule has 4 rings (SSSR count). The van der Waals surface area contributed by atoms with E-state index in [0.29, 0.717) is 17.6 Å². The van der Waals surface area contributed by atoms with Crippen LogP contribution >= 0.6 is 0 Å². The molecule has 7 nitrogen and oxygen atoms in total. The van der Waals surface area contributed by atoms with Crippen molar-refractivity contribution in [2.24, 2.45) is 0 Å². The van der Waals surface area contributed by atoms with Crippen molar-refractivity contribution in [1.82, 2.24) is 15.3 Å². The summed E-state index contributed by atoms with van der Waals surface area (Å²) in [4.78, 5) is 8.79. The van der Waals surface area contributed by atoms with E-state index in [9.17, 15) is 8.42 Å². The van der Waals surface area contributed by atoms with Crippen molar-refractivity contribution < 1.29 is 8.42 Å². The van der Waals surface area contributed by atoms with Gasteiger partial charge in [0.15, 0.2) is 15.7 Å². The maximum Gasteiger partial charge on any atom is 0.161 e. The van der Waals surface area contributed by atoms with Crippen LogP contribution in [0.2, 0.25) is 0 Å². The zero-order chi connectivity index (χ0) is 21.1. The molecule has 2 fully saturated rings. The van der Waals surface area contributed by atoms with Crippen molar-refractivity contribution in [3.63, 3.8) is 0 Å². The molecule has 2 saturated carbocycles. The third-order valence-electron chi connectivity index (χ3n) is 5.88. The van der Waals surface area contributed by atoms with E-state index in [1.165, 1.54) is 19.3 Å². The number of aromatic nitrogens is 2. The van der Waals surface area contributed by atoms with Crippen molar-refractivity contribution in [2.75, 3.05) is 11.1 Å². The molecule has 2 aliphatic rings. The van der Waals surface area contributed by atoms with Gasteiger partial charge in [-0.15, -0.1) is 0 Å². The molecule has 1 aromatic carbocycles. The molecule has 1 aromatic heterocycles. The summed E-state index contributed by atoms with van der Waals surface area (Å²) < 4.78 is 25.4. The molecule has 8 heteroatoms. The molecule has 0 radical (unpaired) electrons. The third-order valence-corrected chi connectivity index (χ3v) is 8.07. The maximum absolute atomic E-state index is 12.7. The van der Waals surface area contributed by atoms with Gasteiger partial charge in [-0.05, 0) is 56.4 Å². The summed E-state index contributed by atoms with van der Waals surface area (Å²) in [6.45, 7) is 4.02. The number of nitrogen functional groups attached to an aromatic ring is 1. The van der Waals surface area contributed by atoms with Gasteiger partial charge in [-0.1, -0.05) is 19.4 Å². The molecule has 0 saturated heterocycles. The SMILES string of the molecule is C=C(Nc1ccc(-c2nc(N)cc(CS(=O)(=O)C3CCCC3)n2)cc1)NC1CCC1. The third kappa shape index (κ3) is 4.92. The van der Waals surface area contributed by atoms with Crippen LogP contribution in [0.25, 0.3) is 11.4 Å². The van der Waals surface area contributed by atoms with Crippen LogP contribution in [0, 0.1) is 0 Å². The number of hydrogen-bond acceptors (Lipinski definition) is 7. The van der Waals surface area contributed by atoms with E-state index in [4.69, 9.17) is 5.73 Å². The minimum absolute atomic E-state index is 0.0936. The van der Waals surface area contributed by atoms with Gasteiger partial charge in [0, 0.05) is 23.4 Å². The van der Waals surface area contributed by atoms with Crippen molar-refractivity contribution in [2.45, 2.75) is 62.0 Å². The highest BCUT2D eigenvalue weighted by molar-refractivity contribution is 7.91. The molecule has 30 heavy (non-hydrogen) atoms. The molecular weight excluding hydrogens is 398 g/mol. The number of benzene rings is 1. The zero-order valence-electron chi connectivity index (χ0n) is 17.1. The molecule has 2 aliphatic carbocycles. The Bertz CT molecular complexity index is 1010. The van der Waals surface area contributed by atoms with E-state index in [-0.39, 0.29) is 16.8 Å². The lowest BCUT2D eigenvalue weighted by Gasteiger charge is -2.28. The Morgan fingerprint density at radius 1 is 1.07 bits per heavy atom. The monoisotopic (exact) mass is 427 g/mol. The number of nitrogens with one attached hydrogen (secondary N) is 2. The molecule has 0 unspecified atom stereocenters. The highest BCUT2D eigenvalue weighted by Crippen LogP contribution is 2.28. The molecule has 0 bridgehead atoms. The molecule has 2 aromatic rings. The van der Waals surface area contributed by atoms with Gasteiger partial charge >= 0.3 is 0 Å². The van der Waals surface area contributed by atoms with Crippen LogP contribution < -0.4 is 16.4 Å². The highest BCUT2D eigenvalue weighted by Gasteiger charge is 2.29. The fourth-order valence-electron chi connectivity index (χ4n) is 4.00. The summed E-state index contributed by atoms with van der Waals surface area (Å²) in [6, 6.07) is 9.70.